The lowest BCUT2D eigenvalue weighted by Crippen LogP contribution is -2.51. The highest BCUT2D eigenvalue weighted by Crippen LogP contribution is 2.27. The van der Waals surface area contributed by atoms with Crippen molar-refractivity contribution >= 4 is 17.5 Å². The number of nitrogens with zero attached hydrogens (tertiary/aromatic N) is 1. The highest BCUT2D eigenvalue weighted by atomic mass is 16.3. The molecule has 5 nitrogen and oxygen atoms in total. The van der Waals surface area contributed by atoms with E-state index in [-0.39, 0.29) is 11.8 Å². The minimum atomic E-state index is -1.12. The summed E-state index contributed by atoms with van der Waals surface area (Å²) in [6.07, 6.45) is -0.340. The van der Waals surface area contributed by atoms with E-state index in [4.69, 9.17) is 0 Å². The highest BCUT2D eigenvalue weighted by Gasteiger charge is 2.37. The summed E-state index contributed by atoms with van der Waals surface area (Å²) in [5.74, 6) is -0.586. The Morgan fingerprint density at radius 1 is 1.43 bits per heavy atom. The number of fused-ring (bicyclic) bond motifs is 1. The zero-order valence-corrected chi connectivity index (χ0v) is 12.7. The molecular formula is C16H22N2O3. The van der Waals surface area contributed by atoms with Gasteiger partial charge >= 0.3 is 0 Å². The monoisotopic (exact) mass is 290 g/mol. The standard InChI is InChI=1S/C16H22N2O3/c1-4-10(2)14-15(20)17-13-8-6-5-7-12(13)9-18(14)16(21)11(3)19/h5-8,10-11,14,19H,4,9H2,1-3H3,(H,17,20). The lowest BCUT2D eigenvalue weighted by Gasteiger charge is -2.33. The van der Waals surface area contributed by atoms with Crippen LogP contribution in [-0.2, 0) is 16.1 Å². The first kappa shape index (κ1) is 15.5. The Balaban J connectivity index is 2.44. The van der Waals surface area contributed by atoms with Gasteiger partial charge in [0.2, 0.25) is 5.91 Å². The van der Waals surface area contributed by atoms with Gasteiger partial charge in [0.05, 0.1) is 0 Å². The lowest BCUT2D eigenvalue weighted by atomic mass is 9.96. The first-order chi connectivity index (χ1) is 9.95. The van der Waals surface area contributed by atoms with E-state index in [2.05, 4.69) is 5.32 Å². The van der Waals surface area contributed by atoms with Gasteiger partial charge in [-0.2, -0.15) is 0 Å². The van der Waals surface area contributed by atoms with Gasteiger partial charge in [0, 0.05) is 12.2 Å². The minimum absolute atomic E-state index is 0.0158. The van der Waals surface area contributed by atoms with Crippen LogP contribution in [0.1, 0.15) is 32.8 Å². The second-order valence-corrected chi connectivity index (χ2v) is 5.62. The first-order valence-corrected chi connectivity index (χ1v) is 7.33. The van der Waals surface area contributed by atoms with Crippen molar-refractivity contribution < 1.29 is 14.7 Å². The van der Waals surface area contributed by atoms with E-state index >= 15 is 0 Å². The predicted molar refractivity (Wildman–Crippen MR) is 80.5 cm³/mol. The van der Waals surface area contributed by atoms with Crippen LogP contribution >= 0.6 is 0 Å². The summed E-state index contributed by atoms with van der Waals surface area (Å²) >= 11 is 0. The maximum Gasteiger partial charge on any atom is 0.252 e. The molecule has 21 heavy (non-hydrogen) atoms. The molecule has 1 aromatic carbocycles. The van der Waals surface area contributed by atoms with Crippen LogP contribution in [0.25, 0.3) is 0 Å². The summed E-state index contributed by atoms with van der Waals surface area (Å²) in [7, 11) is 0. The molecule has 3 atom stereocenters. The Labute approximate surface area is 125 Å². The molecule has 0 fully saturated rings. The number of para-hydroxylation sites is 1. The van der Waals surface area contributed by atoms with Crippen LogP contribution in [0, 0.1) is 5.92 Å². The molecule has 2 N–H and O–H groups in total. The van der Waals surface area contributed by atoms with Crippen LogP contribution in [0.2, 0.25) is 0 Å². The maximum atomic E-state index is 12.5. The van der Waals surface area contributed by atoms with Crippen molar-refractivity contribution in [1.29, 1.82) is 0 Å². The number of carbonyl (C=O) groups excluding carboxylic acids is 2. The van der Waals surface area contributed by atoms with Crippen LogP contribution in [0.4, 0.5) is 5.69 Å². The molecule has 3 unspecified atom stereocenters. The Morgan fingerprint density at radius 2 is 2.10 bits per heavy atom. The Bertz CT molecular complexity index is 542. The van der Waals surface area contributed by atoms with Crippen molar-refractivity contribution in [3.8, 4) is 0 Å². The molecule has 0 spiro atoms. The molecule has 0 radical (unpaired) electrons. The van der Waals surface area contributed by atoms with E-state index in [1.165, 1.54) is 11.8 Å². The number of hydrogen-bond acceptors (Lipinski definition) is 3. The number of hydrogen-bond donors (Lipinski definition) is 2. The second kappa shape index (κ2) is 6.26. The van der Waals surface area contributed by atoms with E-state index in [1.54, 1.807) is 0 Å². The van der Waals surface area contributed by atoms with Crippen molar-refractivity contribution in [2.45, 2.75) is 45.9 Å². The van der Waals surface area contributed by atoms with Crippen molar-refractivity contribution in [3.05, 3.63) is 29.8 Å². The van der Waals surface area contributed by atoms with E-state index < -0.39 is 18.1 Å². The van der Waals surface area contributed by atoms with E-state index in [9.17, 15) is 14.7 Å². The number of nitrogens with one attached hydrogen (secondary N) is 1. The van der Waals surface area contributed by atoms with E-state index in [1.807, 2.05) is 38.1 Å². The lowest BCUT2D eigenvalue weighted by molar-refractivity contribution is -0.147. The fraction of sp³-hybridized carbons (Fsp3) is 0.500. The predicted octanol–water partition coefficient (Wildman–Crippen LogP) is 1.76. The summed E-state index contributed by atoms with van der Waals surface area (Å²) in [6, 6.07) is 6.88. The molecule has 0 aromatic heterocycles. The largest absolute Gasteiger partial charge is 0.384 e. The summed E-state index contributed by atoms with van der Waals surface area (Å²) in [5.41, 5.74) is 1.61. The first-order valence-electron chi connectivity index (χ1n) is 7.33. The van der Waals surface area contributed by atoms with Gasteiger partial charge in [-0.05, 0) is 24.5 Å². The molecule has 1 aromatic rings. The van der Waals surface area contributed by atoms with Crippen molar-refractivity contribution in [3.63, 3.8) is 0 Å². The van der Waals surface area contributed by atoms with Gasteiger partial charge in [0.15, 0.2) is 0 Å². The molecule has 1 heterocycles. The smallest absolute Gasteiger partial charge is 0.252 e. The molecule has 0 saturated heterocycles. The average molecular weight is 290 g/mol. The van der Waals surface area contributed by atoms with Crippen LogP contribution in [0.5, 0.6) is 0 Å². The number of anilines is 1. The number of carbonyl (C=O) groups is 2. The van der Waals surface area contributed by atoms with Gasteiger partial charge in [0.1, 0.15) is 12.1 Å². The van der Waals surface area contributed by atoms with Gasteiger partial charge in [-0.15, -0.1) is 0 Å². The molecule has 2 amide bonds. The van der Waals surface area contributed by atoms with Crippen molar-refractivity contribution in [1.82, 2.24) is 4.90 Å². The third-order valence-corrected chi connectivity index (χ3v) is 4.04. The molecule has 1 aliphatic rings. The van der Waals surface area contributed by atoms with Crippen LogP contribution in [0.3, 0.4) is 0 Å². The quantitative estimate of drug-likeness (QED) is 0.891. The summed E-state index contributed by atoms with van der Waals surface area (Å²) < 4.78 is 0. The molecule has 1 aliphatic heterocycles. The average Bonchev–Trinajstić information content (AvgIpc) is 2.61. The van der Waals surface area contributed by atoms with Crippen LogP contribution in [0.15, 0.2) is 24.3 Å². The number of rotatable bonds is 3. The summed E-state index contributed by atoms with van der Waals surface area (Å²) in [5, 5.41) is 12.5. The molecule has 5 heteroatoms. The van der Waals surface area contributed by atoms with Gasteiger partial charge in [0.25, 0.3) is 5.91 Å². The van der Waals surface area contributed by atoms with Crippen LogP contribution in [-0.4, -0.2) is 34.0 Å². The molecule has 114 valence electrons. The number of benzene rings is 1. The second-order valence-electron chi connectivity index (χ2n) is 5.62. The van der Waals surface area contributed by atoms with Crippen molar-refractivity contribution in [2.24, 2.45) is 5.92 Å². The van der Waals surface area contributed by atoms with Gasteiger partial charge in [-0.25, -0.2) is 0 Å². The zero-order chi connectivity index (χ0) is 15.6. The number of aliphatic hydroxyl groups excluding tert-OH is 1. The Morgan fingerprint density at radius 3 is 2.71 bits per heavy atom. The van der Waals surface area contributed by atoms with Gasteiger partial charge < -0.3 is 15.3 Å². The third kappa shape index (κ3) is 3.08. The van der Waals surface area contributed by atoms with Gasteiger partial charge in [-0.1, -0.05) is 38.5 Å². The van der Waals surface area contributed by atoms with Crippen molar-refractivity contribution in [2.75, 3.05) is 5.32 Å². The summed E-state index contributed by atoms with van der Waals surface area (Å²) in [6.45, 7) is 5.70. The number of amides is 2. The topological polar surface area (TPSA) is 69.6 Å². The summed E-state index contributed by atoms with van der Waals surface area (Å²) in [4.78, 5) is 26.4. The molecule has 0 bridgehead atoms. The molecule has 0 aliphatic carbocycles. The van der Waals surface area contributed by atoms with Gasteiger partial charge in [-0.3, -0.25) is 9.59 Å². The highest BCUT2D eigenvalue weighted by molar-refractivity contribution is 5.99. The molecule has 0 saturated carbocycles. The third-order valence-electron chi connectivity index (χ3n) is 4.04. The Hall–Kier alpha value is -1.88. The molecule has 2 rings (SSSR count). The fourth-order valence-electron chi connectivity index (χ4n) is 2.65. The SMILES string of the molecule is CCC(C)C1C(=O)Nc2ccccc2CN1C(=O)C(C)O. The van der Waals surface area contributed by atoms with E-state index in [0.29, 0.717) is 6.54 Å². The zero-order valence-electron chi connectivity index (χ0n) is 12.7. The molecular weight excluding hydrogens is 268 g/mol. The maximum absolute atomic E-state index is 12.5. The minimum Gasteiger partial charge on any atom is -0.384 e. The normalized spacial score (nSPS) is 21.0. The number of aliphatic hydroxyl groups is 1. The Kier molecular flexibility index (Phi) is 4.63. The van der Waals surface area contributed by atoms with E-state index in [0.717, 1.165) is 17.7 Å². The fourth-order valence-corrected chi connectivity index (χ4v) is 2.65. The van der Waals surface area contributed by atoms with Crippen LogP contribution < -0.4 is 5.32 Å².